The van der Waals surface area contributed by atoms with Gasteiger partial charge in [0.05, 0.1) is 0 Å². The standard InChI is InChI=1S/C19H18N4O/c1-14-3-2-4-17(11-14)23-19(24)18-12-16(7-10-21-18)22-13-15-5-8-20-9-6-15/h2-12H,13H2,1H3,(H,21,22)(H,23,24). The smallest absolute Gasteiger partial charge is 0.274 e. The summed E-state index contributed by atoms with van der Waals surface area (Å²) in [5, 5.41) is 6.14. The van der Waals surface area contributed by atoms with Gasteiger partial charge in [-0.1, -0.05) is 12.1 Å². The fourth-order valence-electron chi connectivity index (χ4n) is 2.29. The summed E-state index contributed by atoms with van der Waals surface area (Å²) in [5.41, 5.74) is 4.19. The molecule has 1 amide bonds. The number of benzene rings is 1. The average molecular weight is 318 g/mol. The highest BCUT2D eigenvalue weighted by molar-refractivity contribution is 6.03. The minimum absolute atomic E-state index is 0.229. The van der Waals surface area contributed by atoms with E-state index in [9.17, 15) is 4.79 Å². The van der Waals surface area contributed by atoms with Gasteiger partial charge < -0.3 is 10.6 Å². The number of carbonyl (C=O) groups is 1. The number of pyridine rings is 2. The van der Waals surface area contributed by atoms with Crippen molar-refractivity contribution in [2.45, 2.75) is 13.5 Å². The third kappa shape index (κ3) is 4.16. The molecule has 24 heavy (non-hydrogen) atoms. The van der Waals surface area contributed by atoms with Crippen molar-refractivity contribution < 1.29 is 4.79 Å². The summed E-state index contributed by atoms with van der Waals surface area (Å²) < 4.78 is 0. The molecule has 0 aliphatic rings. The maximum Gasteiger partial charge on any atom is 0.274 e. The highest BCUT2D eigenvalue weighted by Crippen LogP contribution is 2.13. The van der Waals surface area contributed by atoms with Gasteiger partial charge in [-0.15, -0.1) is 0 Å². The fraction of sp³-hybridized carbons (Fsp3) is 0.105. The lowest BCUT2D eigenvalue weighted by Gasteiger charge is -2.09. The van der Waals surface area contributed by atoms with Crippen molar-refractivity contribution >= 4 is 17.3 Å². The van der Waals surface area contributed by atoms with Gasteiger partial charge in [-0.05, 0) is 54.4 Å². The summed E-state index contributed by atoms with van der Waals surface area (Å²) in [4.78, 5) is 20.5. The molecular weight excluding hydrogens is 300 g/mol. The number of carbonyl (C=O) groups excluding carboxylic acids is 1. The minimum Gasteiger partial charge on any atom is -0.381 e. The molecule has 2 heterocycles. The molecule has 0 saturated carbocycles. The quantitative estimate of drug-likeness (QED) is 0.753. The van der Waals surface area contributed by atoms with E-state index in [4.69, 9.17) is 0 Å². The van der Waals surface area contributed by atoms with Crippen molar-refractivity contribution in [1.29, 1.82) is 0 Å². The van der Waals surface area contributed by atoms with Crippen molar-refractivity contribution in [3.8, 4) is 0 Å². The highest BCUT2D eigenvalue weighted by atomic mass is 16.1. The molecule has 2 N–H and O–H groups in total. The van der Waals surface area contributed by atoms with Crippen LogP contribution in [0.25, 0.3) is 0 Å². The molecule has 0 fully saturated rings. The Morgan fingerprint density at radius 3 is 2.62 bits per heavy atom. The molecule has 3 aromatic rings. The molecule has 0 aliphatic heterocycles. The van der Waals surface area contributed by atoms with Crippen LogP contribution in [0.2, 0.25) is 0 Å². The largest absolute Gasteiger partial charge is 0.381 e. The fourth-order valence-corrected chi connectivity index (χ4v) is 2.29. The predicted octanol–water partition coefficient (Wildman–Crippen LogP) is 3.65. The summed E-state index contributed by atoms with van der Waals surface area (Å²) in [7, 11) is 0. The zero-order chi connectivity index (χ0) is 16.8. The van der Waals surface area contributed by atoms with Crippen LogP contribution in [0.5, 0.6) is 0 Å². The zero-order valence-corrected chi connectivity index (χ0v) is 13.4. The number of hydrogen-bond acceptors (Lipinski definition) is 4. The molecular formula is C19H18N4O. The summed E-state index contributed by atoms with van der Waals surface area (Å²) >= 11 is 0. The molecule has 0 bridgehead atoms. The third-order valence-corrected chi connectivity index (χ3v) is 3.51. The number of aryl methyl sites for hydroxylation is 1. The third-order valence-electron chi connectivity index (χ3n) is 3.51. The van der Waals surface area contributed by atoms with Gasteiger partial charge in [0.25, 0.3) is 5.91 Å². The summed E-state index contributed by atoms with van der Waals surface area (Å²) in [6.07, 6.45) is 5.13. The lowest BCUT2D eigenvalue weighted by atomic mass is 10.2. The van der Waals surface area contributed by atoms with Crippen LogP contribution in [0.3, 0.4) is 0 Å². The first kappa shape index (κ1) is 15.7. The van der Waals surface area contributed by atoms with Crippen LogP contribution in [-0.2, 0) is 6.54 Å². The SMILES string of the molecule is Cc1cccc(NC(=O)c2cc(NCc3ccncc3)ccn2)c1. The molecule has 3 rings (SSSR count). The normalized spacial score (nSPS) is 10.2. The van der Waals surface area contributed by atoms with E-state index in [-0.39, 0.29) is 5.91 Å². The number of anilines is 2. The van der Waals surface area contributed by atoms with Gasteiger partial charge in [-0.25, -0.2) is 0 Å². The van der Waals surface area contributed by atoms with Gasteiger partial charge in [-0.3, -0.25) is 14.8 Å². The number of nitrogens with one attached hydrogen (secondary N) is 2. The van der Waals surface area contributed by atoms with E-state index < -0.39 is 0 Å². The molecule has 0 atom stereocenters. The molecule has 0 saturated heterocycles. The Morgan fingerprint density at radius 2 is 1.83 bits per heavy atom. The molecule has 0 unspecified atom stereocenters. The van der Waals surface area contributed by atoms with Crippen LogP contribution >= 0.6 is 0 Å². The Bertz CT molecular complexity index is 834. The lowest BCUT2D eigenvalue weighted by Crippen LogP contribution is -2.14. The summed E-state index contributed by atoms with van der Waals surface area (Å²) in [6.45, 7) is 2.64. The average Bonchev–Trinajstić information content (AvgIpc) is 2.61. The Hall–Kier alpha value is -3.21. The predicted molar refractivity (Wildman–Crippen MR) is 94.9 cm³/mol. The molecule has 120 valence electrons. The topological polar surface area (TPSA) is 66.9 Å². The Labute approximate surface area is 140 Å². The molecule has 5 nitrogen and oxygen atoms in total. The van der Waals surface area contributed by atoms with Crippen LogP contribution in [0.4, 0.5) is 11.4 Å². The maximum atomic E-state index is 12.3. The zero-order valence-electron chi connectivity index (χ0n) is 13.4. The van der Waals surface area contributed by atoms with E-state index in [0.29, 0.717) is 12.2 Å². The second kappa shape index (κ2) is 7.37. The van der Waals surface area contributed by atoms with Crippen molar-refractivity contribution in [3.63, 3.8) is 0 Å². The van der Waals surface area contributed by atoms with Crippen LogP contribution in [0, 0.1) is 6.92 Å². The van der Waals surface area contributed by atoms with Crippen LogP contribution < -0.4 is 10.6 Å². The molecule has 1 aromatic carbocycles. The molecule has 0 radical (unpaired) electrons. The van der Waals surface area contributed by atoms with Gasteiger partial charge >= 0.3 is 0 Å². The van der Waals surface area contributed by atoms with Crippen molar-refractivity contribution in [2.75, 3.05) is 10.6 Å². The first-order valence-electron chi connectivity index (χ1n) is 7.67. The first-order chi connectivity index (χ1) is 11.7. The highest BCUT2D eigenvalue weighted by Gasteiger charge is 2.08. The minimum atomic E-state index is -0.229. The van der Waals surface area contributed by atoms with E-state index >= 15 is 0 Å². The van der Waals surface area contributed by atoms with Gasteiger partial charge in [0, 0.05) is 36.5 Å². The number of aromatic nitrogens is 2. The second-order valence-electron chi connectivity index (χ2n) is 5.46. The maximum absolute atomic E-state index is 12.3. The van der Waals surface area contributed by atoms with E-state index in [2.05, 4.69) is 20.6 Å². The van der Waals surface area contributed by atoms with E-state index in [0.717, 1.165) is 22.5 Å². The number of amides is 1. The molecule has 0 spiro atoms. The monoisotopic (exact) mass is 318 g/mol. The van der Waals surface area contributed by atoms with Gasteiger partial charge in [-0.2, -0.15) is 0 Å². The van der Waals surface area contributed by atoms with Crippen molar-refractivity contribution in [1.82, 2.24) is 9.97 Å². The first-order valence-corrected chi connectivity index (χ1v) is 7.67. The van der Waals surface area contributed by atoms with Crippen molar-refractivity contribution in [3.05, 3.63) is 83.9 Å². The Kier molecular flexibility index (Phi) is 4.81. The summed E-state index contributed by atoms with van der Waals surface area (Å²) in [5.74, 6) is -0.229. The summed E-state index contributed by atoms with van der Waals surface area (Å²) in [6, 6.07) is 15.1. The van der Waals surface area contributed by atoms with Gasteiger partial charge in [0.1, 0.15) is 5.69 Å². The van der Waals surface area contributed by atoms with E-state index in [1.807, 2.05) is 49.4 Å². The lowest BCUT2D eigenvalue weighted by molar-refractivity contribution is 0.102. The number of hydrogen-bond donors (Lipinski definition) is 2. The van der Waals surface area contributed by atoms with Gasteiger partial charge in [0.15, 0.2) is 0 Å². The Morgan fingerprint density at radius 1 is 1.00 bits per heavy atom. The second-order valence-corrected chi connectivity index (χ2v) is 5.46. The Balaban J connectivity index is 1.67. The molecule has 0 aliphatic carbocycles. The van der Waals surface area contributed by atoms with E-state index in [1.165, 1.54) is 0 Å². The van der Waals surface area contributed by atoms with Crippen LogP contribution in [0.15, 0.2) is 67.1 Å². The molecule has 2 aromatic heterocycles. The van der Waals surface area contributed by atoms with Crippen LogP contribution in [-0.4, -0.2) is 15.9 Å². The number of nitrogens with zero attached hydrogens (tertiary/aromatic N) is 2. The number of rotatable bonds is 5. The van der Waals surface area contributed by atoms with Crippen molar-refractivity contribution in [2.24, 2.45) is 0 Å². The van der Waals surface area contributed by atoms with Crippen LogP contribution in [0.1, 0.15) is 21.6 Å². The van der Waals surface area contributed by atoms with Gasteiger partial charge in [0.2, 0.25) is 0 Å². The molecule has 5 heteroatoms. The van der Waals surface area contributed by atoms with E-state index in [1.54, 1.807) is 24.7 Å².